The molecule has 0 aliphatic heterocycles. The molecule has 0 amide bonds. The van der Waals surface area contributed by atoms with E-state index in [2.05, 4.69) is 0 Å². The maximum absolute atomic E-state index is 11.7. The van der Waals surface area contributed by atoms with Gasteiger partial charge in [0.1, 0.15) is 4.34 Å². The molecule has 0 aliphatic carbocycles. The van der Waals surface area contributed by atoms with Crippen molar-refractivity contribution in [2.24, 2.45) is 0 Å². The third kappa shape index (κ3) is 3.55. The van der Waals surface area contributed by atoms with E-state index in [-0.39, 0.29) is 16.8 Å². The van der Waals surface area contributed by atoms with Crippen molar-refractivity contribution in [1.82, 2.24) is 0 Å². The summed E-state index contributed by atoms with van der Waals surface area (Å²) in [7, 11) is -1.15. The summed E-state index contributed by atoms with van der Waals surface area (Å²) in [6.07, 6.45) is 0. The standard InChI is InChI=1S/C9H10Cl2O2S2/c1-5(2)15(13)4-7(12)6-3-8(10)14-9(6)11/h3,5H,4H2,1-2H3. The van der Waals surface area contributed by atoms with Crippen LogP contribution in [0.25, 0.3) is 0 Å². The minimum atomic E-state index is -1.15. The minimum absolute atomic E-state index is 0.00441. The third-order valence-electron chi connectivity index (χ3n) is 1.76. The zero-order valence-electron chi connectivity index (χ0n) is 8.25. The number of halogens is 2. The van der Waals surface area contributed by atoms with Crippen LogP contribution in [0.15, 0.2) is 6.07 Å². The highest BCUT2D eigenvalue weighted by Crippen LogP contribution is 2.31. The summed E-state index contributed by atoms with van der Waals surface area (Å²) >= 11 is 12.7. The van der Waals surface area contributed by atoms with Crippen LogP contribution in [0.1, 0.15) is 24.2 Å². The number of thiophene rings is 1. The van der Waals surface area contributed by atoms with Crippen molar-refractivity contribution < 1.29 is 9.00 Å². The predicted molar refractivity (Wildman–Crippen MR) is 66.8 cm³/mol. The predicted octanol–water partition coefficient (Wildman–Crippen LogP) is 3.39. The second-order valence-corrected chi connectivity index (χ2v) is 7.51. The van der Waals surface area contributed by atoms with Crippen LogP contribution in [-0.4, -0.2) is 21.0 Å². The zero-order chi connectivity index (χ0) is 11.6. The van der Waals surface area contributed by atoms with Gasteiger partial charge in [-0.15, -0.1) is 11.3 Å². The van der Waals surface area contributed by atoms with Gasteiger partial charge in [0, 0.05) is 21.6 Å². The normalized spacial score (nSPS) is 13.1. The van der Waals surface area contributed by atoms with Crippen molar-refractivity contribution in [3.05, 3.63) is 20.3 Å². The summed E-state index contributed by atoms with van der Waals surface area (Å²) in [5.74, 6) is -0.208. The molecule has 0 aromatic carbocycles. The van der Waals surface area contributed by atoms with E-state index < -0.39 is 10.8 Å². The van der Waals surface area contributed by atoms with Gasteiger partial charge < -0.3 is 0 Å². The molecule has 15 heavy (non-hydrogen) atoms. The zero-order valence-corrected chi connectivity index (χ0v) is 11.4. The number of Topliss-reactive ketones (excluding diaryl/α,β-unsaturated/α-hetero) is 1. The molecule has 1 atom stereocenters. The molecule has 0 fully saturated rings. The molecule has 2 nitrogen and oxygen atoms in total. The number of carbonyl (C=O) groups excluding carboxylic acids is 1. The van der Waals surface area contributed by atoms with E-state index in [1.807, 2.05) is 13.8 Å². The highest BCUT2D eigenvalue weighted by molar-refractivity contribution is 7.86. The summed E-state index contributed by atoms with van der Waals surface area (Å²) in [6.45, 7) is 3.62. The Hall–Kier alpha value is 0.1000. The Morgan fingerprint density at radius 1 is 1.53 bits per heavy atom. The highest BCUT2D eigenvalue weighted by atomic mass is 35.5. The van der Waals surface area contributed by atoms with Crippen LogP contribution < -0.4 is 0 Å². The lowest BCUT2D eigenvalue weighted by atomic mass is 10.2. The number of carbonyl (C=O) groups is 1. The SMILES string of the molecule is CC(C)S(=O)CC(=O)c1cc(Cl)sc1Cl. The monoisotopic (exact) mass is 284 g/mol. The van der Waals surface area contributed by atoms with Crippen LogP contribution >= 0.6 is 34.5 Å². The van der Waals surface area contributed by atoms with Crippen LogP contribution in [-0.2, 0) is 10.8 Å². The molecule has 1 aromatic rings. The maximum atomic E-state index is 11.7. The Bertz CT molecular complexity index is 399. The first kappa shape index (κ1) is 13.2. The van der Waals surface area contributed by atoms with Gasteiger partial charge in [0.05, 0.1) is 10.1 Å². The van der Waals surface area contributed by atoms with Crippen molar-refractivity contribution in [3.8, 4) is 0 Å². The highest BCUT2D eigenvalue weighted by Gasteiger charge is 2.17. The van der Waals surface area contributed by atoms with E-state index >= 15 is 0 Å². The molecule has 1 aromatic heterocycles. The van der Waals surface area contributed by atoms with Crippen molar-refractivity contribution in [2.45, 2.75) is 19.1 Å². The van der Waals surface area contributed by atoms with Crippen molar-refractivity contribution >= 4 is 51.1 Å². The molecular formula is C9H10Cl2O2S2. The molecule has 1 heterocycles. The first-order valence-corrected chi connectivity index (χ1v) is 7.22. The quantitative estimate of drug-likeness (QED) is 0.795. The summed E-state index contributed by atoms with van der Waals surface area (Å²) in [6, 6.07) is 1.52. The van der Waals surface area contributed by atoms with E-state index in [0.29, 0.717) is 14.2 Å². The molecule has 84 valence electrons. The second-order valence-electron chi connectivity index (χ2n) is 3.23. The summed E-state index contributed by atoms with van der Waals surface area (Å²) in [5, 5.41) is -0.0261. The molecule has 0 saturated heterocycles. The van der Waals surface area contributed by atoms with E-state index in [9.17, 15) is 9.00 Å². The van der Waals surface area contributed by atoms with Gasteiger partial charge >= 0.3 is 0 Å². The first-order valence-electron chi connectivity index (χ1n) is 4.27. The molecule has 6 heteroatoms. The molecule has 1 unspecified atom stereocenters. The van der Waals surface area contributed by atoms with Gasteiger partial charge in [0.2, 0.25) is 0 Å². The van der Waals surface area contributed by atoms with Crippen LogP contribution in [0.5, 0.6) is 0 Å². The number of ketones is 1. The lowest BCUT2D eigenvalue weighted by molar-refractivity contribution is 0.102. The Balaban J connectivity index is 2.78. The average Bonchev–Trinajstić information content (AvgIpc) is 2.44. The van der Waals surface area contributed by atoms with E-state index in [1.165, 1.54) is 6.07 Å². The Labute approximate surface area is 105 Å². The fourth-order valence-electron chi connectivity index (χ4n) is 0.904. The lowest BCUT2D eigenvalue weighted by Gasteiger charge is -2.03. The molecule has 0 aliphatic rings. The number of hydrogen-bond acceptors (Lipinski definition) is 3. The molecule has 0 saturated carbocycles. The van der Waals surface area contributed by atoms with Crippen LogP contribution in [0.2, 0.25) is 8.67 Å². The Morgan fingerprint density at radius 3 is 2.53 bits per heavy atom. The molecule has 0 spiro atoms. The van der Waals surface area contributed by atoms with Gasteiger partial charge in [0.25, 0.3) is 0 Å². The fourth-order valence-corrected chi connectivity index (χ4v) is 3.15. The van der Waals surface area contributed by atoms with Crippen molar-refractivity contribution in [1.29, 1.82) is 0 Å². The van der Waals surface area contributed by atoms with Crippen LogP contribution in [0.3, 0.4) is 0 Å². The average molecular weight is 285 g/mol. The molecular weight excluding hydrogens is 275 g/mol. The lowest BCUT2D eigenvalue weighted by Crippen LogP contribution is -2.17. The van der Waals surface area contributed by atoms with Gasteiger partial charge in [-0.2, -0.15) is 0 Å². The Morgan fingerprint density at radius 2 is 2.13 bits per heavy atom. The van der Waals surface area contributed by atoms with Crippen molar-refractivity contribution in [3.63, 3.8) is 0 Å². The first-order chi connectivity index (χ1) is 6.91. The molecule has 1 rings (SSSR count). The van der Waals surface area contributed by atoms with E-state index in [1.54, 1.807) is 0 Å². The summed E-state index contributed by atoms with van der Waals surface area (Å²) in [5.41, 5.74) is 0.376. The van der Waals surface area contributed by atoms with Crippen LogP contribution in [0.4, 0.5) is 0 Å². The van der Waals surface area contributed by atoms with Crippen LogP contribution in [0, 0.1) is 0 Å². The van der Waals surface area contributed by atoms with Gasteiger partial charge in [-0.25, -0.2) is 0 Å². The van der Waals surface area contributed by atoms with Crippen molar-refractivity contribution in [2.75, 3.05) is 5.75 Å². The smallest absolute Gasteiger partial charge is 0.177 e. The third-order valence-corrected chi connectivity index (χ3v) is 4.84. The fraction of sp³-hybridized carbons (Fsp3) is 0.444. The molecule has 0 N–H and O–H groups in total. The topological polar surface area (TPSA) is 34.1 Å². The largest absolute Gasteiger partial charge is 0.293 e. The molecule has 0 radical (unpaired) electrons. The van der Waals surface area contributed by atoms with E-state index in [0.717, 1.165) is 11.3 Å². The maximum Gasteiger partial charge on any atom is 0.177 e. The molecule has 0 bridgehead atoms. The summed E-state index contributed by atoms with van der Waals surface area (Å²) in [4.78, 5) is 11.7. The van der Waals surface area contributed by atoms with Gasteiger partial charge in [-0.3, -0.25) is 9.00 Å². The summed E-state index contributed by atoms with van der Waals surface area (Å²) < 4.78 is 12.3. The second kappa shape index (κ2) is 5.43. The van der Waals surface area contributed by atoms with E-state index in [4.69, 9.17) is 23.2 Å². The minimum Gasteiger partial charge on any atom is -0.293 e. The van der Waals surface area contributed by atoms with Gasteiger partial charge in [-0.05, 0) is 6.07 Å². The Kier molecular flexibility index (Phi) is 4.77. The number of rotatable bonds is 4. The van der Waals surface area contributed by atoms with Gasteiger partial charge in [0.15, 0.2) is 5.78 Å². The van der Waals surface area contributed by atoms with Gasteiger partial charge in [-0.1, -0.05) is 37.0 Å². The number of hydrogen-bond donors (Lipinski definition) is 0.